The summed E-state index contributed by atoms with van der Waals surface area (Å²) in [6.45, 7) is 1.96. The summed E-state index contributed by atoms with van der Waals surface area (Å²) in [6.07, 6.45) is 3.16. The Morgan fingerprint density at radius 1 is 1.71 bits per heavy atom. The van der Waals surface area contributed by atoms with E-state index < -0.39 is 0 Å². The van der Waals surface area contributed by atoms with Crippen molar-refractivity contribution in [3.63, 3.8) is 0 Å². The van der Waals surface area contributed by atoms with Crippen LogP contribution in [0.1, 0.15) is 6.42 Å². The lowest BCUT2D eigenvalue weighted by atomic mass is 9.93. The van der Waals surface area contributed by atoms with Gasteiger partial charge in [0.15, 0.2) is 0 Å². The van der Waals surface area contributed by atoms with Crippen LogP contribution in [-0.4, -0.2) is 20.9 Å². The summed E-state index contributed by atoms with van der Waals surface area (Å²) >= 11 is 0. The second kappa shape index (κ2) is 2.17. The van der Waals surface area contributed by atoms with Crippen molar-refractivity contribution >= 4 is 7.85 Å². The molecule has 1 aliphatic heterocycles. The zero-order valence-corrected chi connectivity index (χ0v) is 4.28. The average Bonchev–Trinajstić information content (AvgIpc) is 1.69. The molecule has 2 heteroatoms. The molecule has 0 bridgehead atoms. The first-order valence-corrected chi connectivity index (χ1v) is 2.55. The zero-order chi connectivity index (χ0) is 5.11. The number of rotatable bonds is 0. The molecule has 1 heterocycles. The van der Waals surface area contributed by atoms with Gasteiger partial charge in [0, 0.05) is 6.54 Å². The van der Waals surface area contributed by atoms with Crippen molar-refractivity contribution < 1.29 is 0 Å². The quantitative estimate of drug-likeness (QED) is 0.416. The van der Waals surface area contributed by atoms with E-state index in [1.54, 1.807) is 0 Å². The third kappa shape index (κ3) is 1.36. The summed E-state index contributed by atoms with van der Waals surface area (Å²) in [5, 5.41) is 3.14. The third-order valence-electron chi connectivity index (χ3n) is 1.06. The minimum absolute atomic E-state index is 0.875. The maximum absolute atomic E-state index is 5.43. The van der Waals surface area contributed by atoms with Gasteiger partial charge in [-0.1, -0.05) is 6.08 Å². The molecule has 1 aliphatic rings. The van der Waals surface area contributed by atoms with Gasteiger partial charge in [0.2, 0.25) is 0 Å². The van der Waals surface area contributed by atoms with Crippen LogP contribution >= 0.6 is 0 Å². The van der Waals surface area contributed by atoms with E-state index >= 15 is 0 Å². The van der Waals surface area contributed by atoms with Crippen LogP contribution in [0.2, 0.25) is 0 Å². The Morgan fingerprint density at radius 2 is 2.57 bits per heavy atom. The second-order valence-electron chi connectivity index (χ2n) is 1.74. The van der Waals surface area contributed by atoms with Crippen molar-refractivity contribution in [2.45, 2.75) is 6.42 Å². The van der Waals surface area contributed by atoms with E-state index in [-0.39, 0.29) is 0 Å². The maximum Gasteiger partial charge on any atom is 0.109 e. The first-order valence-electron chi connectivity index (χ1n) is 2.55. The predicted octanol–water partition coefficient (Wildman–Crippen LogP) is 0.0321. The molecule has 0 spiro atoms. The molecule has 0 fully saturated rings. The Kier molecular flexibility index (Phi) is 1.52. The van der Waals surface area contributed by atoms with Gasteiger partial charge in [-0.05, 0) is 13.0 Å². The highest BCUT2D eigenvalue weighted by Gasteiger charge is 1.93. The van der Waals surface area contributed by atoms with Gasteiger partial charge in [-0.15, -0.1) is 5.47 Å². The molecule has 36 valence electrons. The third-order valence-corrected chi connectivity index (χ3v) is 1.06. The molecule has 0 saturated heterocycles. The molecule has 0 unspecified atom stereocenters. The van der Waals surface area contributed by atoms with Crippen LogP contribution in [0.4, 0.5) is 0 Å². The zero-order valence-electron chi connectivity index (χ0n) is 4.28. The Bertz CT molecular complexity index is 88.1. The molecule has 0 aliphatic carbocycles. The molecule has 1 N–H and O–H groups in total. The Morgan fingerprint density at radius 3 is 2.86 bits per heavy atom. The second-order valence-corrected chi connectivity index (χ2v) is 1.74. The van der Waals surface area contributed by atoms with Crippen LogP contribution < -0.4 is 5.32 Å². The van der Waals surface area contributed by atoms with E-state index in [2.05, 4.69) is 11.4 Å². The van der Waals surface area contributed by atoms with Gasteiger partial charge < -0.3 is 5.32 Å². The Labute approximate surface area is 45.2 Å². The smallest absolute Gasteiger partial charge is 0.109 e. The van der Waals surface area contributed by atoms with E-state index in [9.17, 15) is 0 Å². The topological polar surface area (TPSA) is 12.0 Å². The van der Waals surface area contributed by atoms with Crippen LogP contribution in [0.15, 0.2) is 11.5 Å². The standard InChI is InChI=1S/C5H8BN/c6-5-2-1-3-7-4-5/h2,7H,1,3-4H2. The van der Waals surface area contributed by atoms with Crippen LogP contribution in [-0.2, 0) is 0 Å². The lowest BCUT2D eigenvalue weighted by molar-refractivity contribution is 0.721. The van der Waals surface area contributed by atoms with E-state index in [0.29, 0.717) is 0 Å². The fraction of sp³-hybridized carbons (Fsp3) is 0.600. The van der Waals surface area contributed by atoms with Crippen molar-refractivity contribution in [2.24, 2.45) is 0 Å². The summed E-state index contributed by atoms with van der Waals surface area (Å²) < 4.78 is 0. The summed E-state index contributed by atoms with van der Waals surface area (Å²) in [5.41, 5.74) is 0.978. The predicted molar refractivity (Wildman–Crippen MR) is 31.3 cm³/mol. The summed E-state index contributed by atoms with van der Waals surface area (Å²) in [7, 11) is 5.43. The van der Waals surface area contributed by atoms with Gasteiger partial charge >= 0.3 is 0 Å². The van der Waals surface area contributed by atoms with Crippen LogP contribution in [0.5, 0.6) is 0 Å². The van der Waals surface area contributed by atoms with Crippen molar-refractivity contribution in [3.8, 4) is 0 Å². The van der Waals surface area contributed by atoms with Crippen LogP contribution in [0, 0.1) is 0 Å². The Hall–Kier alpha value is -0.235. The molecule has 0 saturated carbocycles. The van der Waals surface area contributed by atoms with Crippen molar-refractivity contribution in [1.82, 2.24) is 5.32 Å². The molecule has 0 aromatic carbocycles. The number of hydrogen-bond acceptors (Lipinski definition) is 1. The summed E-state index contributed by atoms with van der Waals surface area (Å²) in [6, 6.07) is 0. The molecule has 0 amide bonds. The molecular weight excluding hydrogens is 84.9 g/mol. The largest absolute Gasteiger partial charge is 0.314 e. The van der Waals surface area contributed by atoms with Crippen LogP contribution in [0.25, 0.3) is 0 Å². The molecule has 1 rings (SSSR count). The lowest BCUT2D eigenvalue weighted by Crippen LogP contribution is -2.21. The molecule has 7 heavy (non-hydrogen) atoms. The molecular formula is C5H8BN. The van der Waals surface area contributed by atoms with Gasteiger partial charge in [0.1, 0.15) is 7.85 Å². The first-order chi connectivity index (χ1) is 3.39. The molecule has 2 radical (unpaired) electrons. The average molecular weight is 92.9 g/mol. The van der Waals surface area contributed by atoms with Gasteiger partial charge in [-0.3, -0.25) is 0 Å². The minimum Gasteiger partial charge on any atom is -0.314 e. The number of nitrogens with one attached hydrogen (secondary N) is 1. The monoisotopic (exact) mass is 93.1 g/mol. The van der Waals surface area contributed by atoms with E-state index in [4.69, 9.17) is 7.85 Å². The summed E-state index contributed by atoms with van der Waals surface area (Å²) in [4.78, 5) is 0. The van der Waals surface area contributed by atoms with Crippen LogP contribution in [0.3, 0.4) is 0 Å². The highest BCUT2D eigenvalue weighted by molar-refractivity contribution is 6.21. The molecule has 0 aromatic rings. The SMILES string of the molecule is [B]C1=CCCNC1. The minimum atomic E-state index is 0.875. The summed E-state index contributed by atoms with van der Waals surface area (Å²) in [5.74, 6) is 0. The lowest BCUT2D eigenvalue weighted by Gasteiger charge is -2.08. The molecule has 1 nitrogen and oxygen atoms in total. The maximum atomic E-state index is 5.43. The van der Waals surface area contributed by atoms with Gasteiger partial charge in [-0.25, -0.2) is 0 Å². The fourth-order valence-electron chi connectivity index (χ4n) is 0.665. The first kappa shape index (κ1) is 4.91. The van der Waals surface area contributed by atoms with Gasteiger partial charge in [0.25, 0.3) is 0 Å². The van der Waals surface area contributed by atoms with Crippen molar-refractivity contribution in [1.29, 1.82) is 0 Å². The fourth-order valence-corrected chi connectivity index (χ4v) is 0.665. The number of hydrogen-bond donors (Lipinski definition) is 1. The highest BCUT2D eigenvalue weighted by Crippen LogP contribution is 1.93. The van der Waals surface area contributed by atoms with Gasteiger partial charge in [0.05, 0.1) is 0 Å². The Balaban J connectivity index is 2.40. The van der Waals surface area contributed by atoms with E-state index in [1.165, 1.54) is 0 Å². The molecule has 0 atom stereocenters. The normalized spacial score (nSPS) is 21.4. The molecule has 0 aromatic heterocycles. The van der Waals surface area contributed by atoms with E-state index in [1.807, 2.05) is 0 Å². The van der Waals surface area contributed by atoms with Crippen molar-refractivity contribution in [2.75, 3.05) is 13.1 Å². The highest BCUT2D eigenvalue weighted by atomic mass is 14.8. The van der Waals surface area contributed by atoms with Gasteiger partial charge in [-0.2, -0.15) is 0 Å². The van der Waals surface area contributed by atoms with Crippen molar-refractivity contribution in [3.05, 3.63) is 11.5 Å². The van der Waals surface area contributed by atoms with E-state index in [0.717, 1.165) is 25.0 Å².